The molecule has 0 atom stereocenters. The zero-order chi connectivity index (χ0) is 21.0. The third kappa shape index (κ3) is 4.84. The van der Waals surface area contributed by atoms with Crippen molar-refractivity contribution in [2.75, 3.05) is 6.61 Å². The summed E-state index contributed by atoms with van der Waals surface area (Å²) in [4.78, 5) is 23.9. The fourth-order valence-corrected chi connectivity index (χ4v) is 3.14. The van der Waals surface area contributed by atoms with Crippen molar-refractivity contribution in [1.82, 2.24) is 0 Å². The zero-order valence-electron chi connectivity index (χ0n) is 16.7. The van der Waals surface area contributed by atoms with Gasteiger partial charge in [-0.15, -0.1) is 0 Å². The summed E-state index contributed by atoms with van der Waals surface area (Å²) in [7, 11) is 0. The molecule has 0 spiro atoms. The number of halogens is 1. The Morgan fingerprint density at radius 3 is 2.29 bits per heavy atom. The molecule has 0 saturated carbocycles. The van der Waals surface area contributed by atoms with Gasteiger partial charge in [0.2, 0.25) is 0 Å². The highest BCUT2D eigenvalue weighted by Crippen LogP contribution is 2.42. The van der Waals surface area contributed by atoms with Crippen LogP contribution in [0.25, 0.3) is 11.1 Å². The van der Waals surface area contributed by atoms with Crippen molar-refractivity contribution in [2.24, 2.45) is 0 Å². The summed E-state index contributed by atoms with van der Waals surface area (Å²) >= 11 is 6.17. The number of rotatable bonds is 6. The van der Waals surface area contributed by atoms with Crippen LogP contribution in [0.15, 0.2) is 30.3 Å². The fraction of sp³-hybridized carbons (Fsp3) is 0.364. The number of carboxylic acids is 1. The van der Waals surface area contributed by atoms with Gasteiger partial charge in [0.05, 0.1) is 12.2 Å². The molecule has 0 saturated heterocycles. The molecular formula is C22H25ClO5. The Hall–Kier alpha value is -2.53. The number of benzene rings is 2. The summed E-state index contributed by atoms with van der Waals surface area (Å²) < 4.78 is 10.4. The number of carbonyl (C=O) groups excluding carboxylic acids is 1. The quantitative estimate of drug-likeness (QED) is 0.440. The monoisotopic (exact) mass is 404 g/mol. The molecule has 0 unspecified atom stereocenters. The van der Waals surface area contributed by atoms with Crippen LogP contribution in [0.3, 0.4) is 0 Å². The summed E-state index contributed by atoms with van der Waals surface area (Å²) in [6.07, 6.45) is -0.835. The molecule has 0 aromatic heterocycles. The molecule has 0 amide bonds. The molecule has 2 aromatic rings. The molecule has 28 heavy (non-hydrogen) atoms. The second-order valence-corrected chi connectivity index (χ2v) is 7.51. The fourth-order valence-electron chi connectivity index (χ4n) is 2.96. The molecule has 0 fully saturated rings. The minimum absolute atomic E-state index is 0.0545. The van der Waals surface area contributed by atoms with Crippen molar-refractivity contribution in [3.8, 4) is 16.9 Å². The first-order chi connectivity index (χ1) is 13.1. The van der Waals surface area contributed by atoms with E-state index in [1.165, 1.54) is 12.1 Å². The van der Waals surface area contributed by atoms with E-state index in [1.54, 1.807) is 19.1 Å². The van der Waals surface area contributed by atoms with Gasteiger partial charge in [0.15, 0.2) is 0 Å². The molecular weight excluding hydrogens is 380 g/mol. The van der Waals surface area contributed by atoms with Crippen molar-refractivity contribution in [1.29, 1.82) is 0 Å². The molecule has 0 aliphatic carbocycles. The van der Waals surface area contributed by atoms with Crippen LogP contribution in [-0.4, -0.2) is 23.8 Å². The minimum atomic E-state index is -1.09. The number of carbonyl (C=O) groups is 2. The Morgan fingerprint density at radius 1 is 1.07 bits per heavy atom. The Bertz CT molecular complexity index is 887. The minimum Gasteiger partial charge on any atom is -0.478 e. The van der Waals surface area contributed by atoms with E-state index in [0.717, 1.165) is 11.1 Å². The molecule has 6 heteroatoms. The lowest BCUT2D eigenvalue weighted by molar-refractivity contribution is 0.0697. The molecule has 0 heterocycles. The van der Waals surface area contributed by atoms with Crippen LogP contribution in [0.5, 0.6) is 5.75 Å². The second kappa shape index (κ2) is 9.11. The van der Waals surface area contributed by atoms with Gasteiger partial charge >= 0.3 is 12.1 Å². The van der Waals surface area contributed by atoms with Gasteiger partial charge in [0.1, 0.15) is 5.75 Å². The number of hydrogen-bond donors (Lipinski definition) is 1. The molecule has 0 aliphatic rings. The highest BCUT2D eigenvalue weighted by molar-refractivity contribution is 6.31. The Morgan fingerprint density at radius 2 is 1.75 bits per heavy atom. The van der Waals surface area contributed by atoms with Gasteiger partial charge in [-0.1, -0.05) is 45.4 Å². The maximum Gasteiger partial charge on any atom is 0.513 e. The SMILES string of the molecule is CCOC(=O)Oc1cc(C(C)C)cc(C(C)C)c1-c1cc(Cl)ccc1C(=O)O. The molecule has 2 rings (SSSR count). The standard InChI is InChI=1S/C22H25ClO5/c1-6-27-22(26)28-19-10-14(12(2)3)9-17(13(4)5)20(19)18-11-15(23)7-8-16(18)21(24)25/h7-13H,6H2,1-5H3,(H,24,25). The Kier molecular flexibility index (Phi) is 7.08. The van der Waals surface area contributed by atoms with Gasteiger partial charge < -0.3 is 14.6 Å². The molecule has 2 aromatic carbocycles. The topological polar surface area (TPSA) is 72.8 Å². The number of ether oxygens (including phenoxy) is 2. The maximum absolute atomic E-state index is 12.1. The third-order valence-corrected chi connectivity index (χ3v) is 4.62. The molecule has 1 N–H and O–H groups in total. The lowest BCUT2D eigenvalue weighted by Crippen LogP contribution is -2.13. The van der Waals surface area contributed by atoms with Crippen LogP contribution in [-0.2, 0) is 4.74 Å². The largest absolute Gasteiger partial charge is 0.513 e. The van der Waals surface area contributed by atoms with E-state index in [0.29, 0.717) is 16.1 Å². The second-order valence-electron chi connectivity index (χ2n) is 7.07. The maximum atomic E-state index is 12.1. The van der Waals surface area contributed by atoms with Crippen LogP contribution in [0, 0.1) is 0 Å². The lowest BCUT2D eigenvalue weighted by Gasteiger charge is -2.21. The first-order valence-electron chi connectivity index (χ1n) is 9.21. The number of carboxylic acid groups (broad SMARTS) is 1. The summed E-state index contributed by atoms with van der Waals surface area (Å²) in [5.74, 6) is -0.581. The van der Waals surface area contributed by atoms with Crippen LogP contribution in [0.1, 0.15) is 67.9 Å². The van der Waals surface area contributed by atoms with Gasteiger partial charge in [0.25, 0.3) is 0 Å². The first-order valence-corrected chi connectivity index (χ1v) is 9.59. The molecule has 0 radical (unpaired) electrons. The van der Waals surface area contributed by atoms with Crippen molar-refractivity contribution in [3.63, 3.8) is 0 Å². The summed E-state index contributed by atoms with van der Waals surface area (Å²) in [6.45, 7) is 9.94. The van der Waals surface area contributed by atoms with E-state index in [4.69, 9.17) is 21.1 Å². The Labute approximate surface area is 170 Å². The van der Waals surface area contributed by atoms with E-state index in [1.807, 2.05) is 33.8 Å². The van der Waals surface area contributed by atoms with Crippen molar-refractivity contribution in [3.05, 3.63) is 52.0 Å². The van der Waals surface area contributed by atoms with E-state index >= 15 is 0 Å². The highest BCUT2D eigenvalue weighted by Gasteiger charge is 2.24. The smallest absolute Gasteiger partial charge is 0.478 e. The summed E-state index contributed by atoms with van der Waals surface area (Å²) in [5.41, 5.74) is 2.86. The van der Waals surface area contributed by atoms with Gasteiger partial charge in [0, 0.05) is 16.1 Å². The highest BCUT2D eigenvalue weighted by atomic mass is 35.5. The van der Waals surface area contributed by atoms with E-state index < -0.39 is 12.1 Å². The Balaban J connectivity index is 2.85. The van der Waals surface area contributed by atoms with Gasteiger partial charge in [-0.25, -0.2) is 9.59 Å². The van der Waals surface area contributed by atoms with Crippen LogP contribution < -0.4 is 4.74 Å². The molecule has 150 valence electrons. The van der Waals surface area contributed by atoms with Crippen molar-refractivity contribution >= 4 is 23.7 Å². The number of hydrogen-bond acceptors (Lipinski definition) is 4. The van der Waals surface area contributed by atoms with Gasteiger partial charge in [-0.05, 0) is 54.2 Å². The van der Waals surface area contributed by atoms with Crippen LogP contribution in [0.2, 0.25) is 5.02 Å². The van der Waals surface area contributed by atoms with Crippen molar-refractivity contribution < 1.29 is 24.2 Å². The lowest BCUT2D eigenvalue weighted by atomic mass is 9.86. The zero-order valence-corrected chi connectivity index (χ0v) is 17.5. The van der Waals surface area contributed by atoms with Crippen LogP contribution in [0.4, 0.5) is 4.79 Å². The molecule has 0 aliphatic heterocycles. The van der Waals surface area contributed by atoms with Gasteiger partial charge in [-0.3, -0.25) is 0 Å². The van der Waals surface area contributed by atoms with Gasteiger partial charge in [-0.2, -0.15) is 0 Å². The third-order valence-electron chi connectivity index (χ3n) is 4.38. The summed E-state index contributed by atoms with van der Waals surface area (Å²) in [5, 5.41) is 10.1. The first kappa shape index (κ1) is 21.8. The predicted molar refractivity (Wildman–Crippen MR) is 110 cm³/mol. The van der Waals surface area contributed by atoms with E-state index in [2.05, 4.69) is 0 Å². The predicted octanol–water partition coefficient (Wildman–Crippen LogP) is 6.49. The number of aromatic carboxylic acids is 1. The average molecular weight is 405 g/mol. The average Bonchev–Trinajstić information content (AvgIpc) is 2.60. The normalized spacial score (nSPS) is 11.0. The van der Waals surface area contributed by atoms with Crippen molar-refractivity contribution in [2.45, 2.75) is 46.5 Å². The van der Waals surface area contributed by atoms with E-state index in [9.17, 15) is 14.7 Å². The molecule has 5 nitrogen and oxygen atoms in total. The van der Waals surface area contributed by atoms with Crippen LogP contribution >= 0.6 is 11.6 Å². The summed E-state index contributed by atoms with van der Waals surface area (Å²) in [6, 6.07) is 8.34. The molecule has 0 bridgehead atoms. The van der Waals surface area contributed by atoms with E-state index in [-0.39, 0.29) is 29.8 Å².